The van der Waals surface area contributed by atoms with Crippen LogP contribution in [0.15, 0.2) is 48.7 Å². The molecule has 1 aromatic heterocycles. The zero-order valence-electron chi connectivity index (χ0n) is 11.1. The highest BCUT2D eigenvalue weighted by Crippen LogP contribution is 2.17. The second kappa shape index (κ2) is 6.91. The fraction of sp³-hybridized carbons (Fsp3) is 0.200. The number of rotatable bonds is 4. The van der Waals surface area contributed by atoms with Crippen molar-refractivity contribution in [1.82, 2.24) is 15.6 Å². The summed E-state index contributed by atoms with van der Waals surface area (Å²) in [5.41, 5.74) is 1.78. The summed E-state index contributed by atoms with van der Waals surface area (Å²) < 4.78 is 0. The molecule has 4 nitrogen and oxygen atoms in total. The van der Waals surface area contributed by atoms with Crippen LogP contribution in [0.1, 0.15) is 24.2 Å². The SMILES string of the molecule is CC(NC(=O)NCc1ccccn1)c1cccc(Cl)c1. The molecule has 2 aromatic rings. The third-order valence-electron chi connectivity index (χ3n) is 2.85. The minimum Gasteiger partial charge on any atom is -0.332 e. The first-order valence-electron chi connectivity index (χ1n) is 6.35. The Labute approximate surface area is 123 Å². The maximum absolute atomic E-state index is 11.8. The molecule has 1 heterocycles. The Morgan fingerprint density at radius 1 is 1.30 bits per heavy atom. The van der Waals surface area contributed by atoms with Crippen LogP contribution in [0.3, 0.4) is 0 Å². The van der Waals surface area contributed by atoms with Crippen molar-refractivity contribution < 1.29 is 4.79 Å². The van der Waals surface area contributed by atoms with Crippen molar-refractivity contribution in [2.45, 2.75) is 19.5 Å². The van der Waals surface area contributed by atoms with Crippen LogP contribution < -0.4 is 10.6 Å². The zero-order chi connectivity index (χ0) is 14.4. The van der Waals surface area contributed by atoms with Crippen molar-refractivity contribution in [3.8, 4) is 0 Å². The van der Waals surface area contributed by atoms with Gasteiger partial charge in [-0.3, -0.25) is 4.98 Å². The van der Waals surface area contributed by atoms with Crippen LogP contribution in [0.25, 0.3) is 0 Å². The van der Waals surface area contributed by atoms with Crippen LogP contribution in [0.4, 0.5) is 4.79 Å². The average molecular weight is 290 g/mol. The first-order chi connectivity index (χ1) is 9.65. The number of carbonyl (C=O) groups is 1. The van der Waals surface area contributed by atoms with Crippen molar-refractivity contribution in [2.75, 3.05) is 0 Å². The highest BCUT2D eigenvalue weighted by molar-refractivity contribution is 6.30. The molecule has 0 aliphatic heterocycles. The predicted molar refractivity (Wildman–Crippen MR) is 79.5 cm³/mol. The Morgan fingerprint density at radius 3 is 2.85 bits per heavy atom. The zero-order valence-corrected chi connectivity index (χ0v) is 11.9. The number of nitrogens with one attached hydrogen (secondary N) is 2. The molecule has 0 saturated carbocycles. The largest absolute Gasteiger partial charge is 0.332 e. The molecular weight excluding hydrogens is 274 g/mol. The summed E-state index contributed by atoms with van der Waals surface area (Å²) >= 11 is 5.93. The van der Waals surface area contributed by atoms with Crippen molar-refractivity contribution in [3.63, 3.8) is 0 Å². The first-order valence-corrected chi connectivity index (χ1v) is 6.72. The number of hydrogen-bond donors (Lipinski definition) is 2. The first kappa shape index (κ1) is 14.3. The molecule has 1 aromatic carbocycles. The van der Waals surface area contributed by atoms with E-state index in [4.69, 9.17) is 11.6 Å². The van der Waals surface area contributed by atoms with E-state index in [0.717, 1.165) is 11.3 Å². The summed E-state index contributed by atoms with van der Waals surface area (Å²) in [7, 11) is 0. The summed E-state index contributed by atoms with van der Waals surface area (Å²) in [6.07, 6.45) is 1.70. The molecule has 2 N–H and O–H groups in total. The number of aromatic nitrogens is 1. The third-order valence-corrected chi connectivity index (χ3v) is 3.09. The molecule has 5 heteroatoms. The van der Waals surface area contributed by atoms with Crippen molar-refractivity contribution in [1.29, 1.82) is 0 Å². The molecule has 20 heavy (non-hydrogen) atoms. The number of carbonyl (C=O) groups excluding carboxylic acids is 1. The lowest BCUT2D eigenvalue weighted by Crippen LogP contribution is -2.36. The van der Waals surface area contributed by atoms with Crippen LogP contribution in [-0.4, -0.2) is 11.0 Å². The summed E-state index contributed by atoms with van der Waals surface area (Å²) in [4.78, 5) is 15.9. The van der Waals surface area contributed by atoms with Gasteiger partial charge in [-0.2, -0.15) is 0 Å². The summed E-state index contributed by atoms with van der Waals surface area (Å²) in [6, 6.07) is 12.7. The highest BCUT2D eigenvalue weighted by Gasteiger charge is 2.09. The van der Waals surface area contributed by atoms with E-state index in [1.807, 2.05) is 43.3 Å². The van der Waals surface area contributed by atoms with E-state index in [1.165, 1.54) is 0 Å². The number of nitrogens with zero attached hydrogens (tertiary/aromatic N) is 1. The lowest BCUT2D eigenvalue weighted by Gasteiger charge is -2.15. The summed E-state index contributed by atoms with van der Waals surface area (Å²) in [6.45, 7) is 2.31. The van der Waals surface area contributed by atoms with Crippen LogP contribution in [0.5, 0.6) is 0 Å². The standard InChI is InChI=1S/C15H16ClN3O/c1-11(12-5-4-6-13(16)9-12)19-15(20)18-10-14-7-2-3-8-17-14/h2-9,11H,10H2,1H3,(H2,18,19,20). The Hall–Kier alpha value is -2.07. The van der Waals surface area contributed by atoms with Gasteiger partial charge in [0.25, 0.3) is 0 Å². The molecule has 0 aliphatic rings. The van der Waals surface area contributed by atoms with Crippen LogP contribution in [0.2, 0.25) is 5.02 Å². The topological polar surface area (TPSA) is 54.0 Å². The van der Waals surface area contributed by atoms with E-state index in [0.29, 0.717) is 11.6 Å². The van der Waals surface area contributed by atoms with Crippen molar-refractivity contribution in [2.24, 2.45) is 0 Å². The average Bonchev–Trinajstić information content (AvgIpc) is 2.46. The minimum absolute atomic E-state index is 0.113. The van der Waals surface area contributed by atoms with E-state index < -0.39 is 0 Å². The van der Waals surface area contributed by atoms with Crippen LogP contribution in [-0.2, 0) is 6.54 Å². The molecule has 2 amide bonds. The third kappa shape index (κ3) is 4.24. The minimum atomic E-state index is -0.233. The normalized spacial score (nSPS) is 11.7. The number of amides is 2. The molecule has 1 unspecified atom stereocenters. The van der Waals surface area contributed by atoms with Crippen molar-refractivity contribution >= 4 is 17.6 Å². The molecule has 0 saturated heterocycles. The van der Waals surface area contributed by atoms with Gasteiger partial charge in [0.05, 0.1) is 18.3 Å². The maximum atomic E-state index is 11.8. The fourth-order valence-corrected chi connectivity index (χ4v) is 1.98. The van der Waals surface area contributed by atoms with Gasteiger partial charge < -0.3 is 10.6 Å². The van der Waals surface area contributed by atoms with Crippen LogP contribution >= 0.6 is 11.6 Å². The molecule has 1 atom stereocenters. The van der Waals surface area contributed by atoms with E-state index in [2.05, 4.69) is 15.6 Å². The van der Waals surface area contributed by atoms with Gasteiger partial charge >= 0.3 is 6.03 Å². The molecule has 104 valence electrons. The van der Waals surface area contributed by atoms with Gasteiger partial charge in [-0.15, -0.1) is 0 Å². The van der Waals surface area contributed by atoms with Gasteiger partial charge in [-0.1, -0.05) is 29.8 Å². The van der Waals surface area contributed by atoms with Gasteiger partial charge in [0.2, 0.25) is 0 Å². The Balaban J connectivity index is 1.85. The smallest absolute Gasteiger partial charge is 0.315 e. The maximum Gasteiger partial charge on any atom is 0.315 e. The van der Waals surface area contributed by atoms with Crippen molar-refractivity contribution in [3.05, 3.63) is 64.9 Å². The molecule has 2 rings (SSSR count). The molecular formula is C15H16ClN3O. The Morgan fingerprint density at radius 2 is 2.15 bits per heavy atom. The predicted octanol–water partition coefficient (Wildman–Crippen LogP) is 3.30. The second-order valence-corrected chi connectivity index (χ2v) is 4.86. The Bertz CT molecular complexity index is 574. The molecule has 0 aliphatic carbocycles. The van der Waals surface area contributed by atoms with E-state index in [1.54, 1.807) is 12.3 Å². The highest BCUT2D eigenvalue weighted by atomic mass is 35.5. The molecule has 0 radical (unpaired) electrons. The number of pyridine rings is 1. The van der Waals surface area contributed by atoms with Crippen LogP contribution in [0, 0.1) is 0 Å². The Kier molecular flexibility index (Phi) is 4.96. The van der Waals surface area contributed by atoms with Gasteiger partial charge in [-0.05, 0) is 36.8 Å². The van der Waals surface area contributed by atoms with Gasteiger partial charge in [-0.25, -0.2) is 4.79 Å². The van der Waals surface area contributed by atoms with E-state index in [-0.39, 0.29) is 12.1 Å². The molecule has 0 fully saturated rings. The summed E-state index contributed by atoms with van der Waals surface area (Å²) in [5.74, 6) is 0. The number of urea groups is 1. The second-order valence-electron chi connectivity index (χ2n) is 4.42. The monoisotopic (exact) mass is 289 g/mol. The van der Waals surface area contributed by atoms with Gasteiger partial charge in [0.1, 0.15) is 0 Å². The lowest BCUT2D eigenvalue weighted by atomic mass is 10.1. The fourth-order valence-electron chi connectivity index (χ4n) is 1.78. The van der Waals surface area contributed by atoms with Gasteiger partial charge in [0.15, 0.2) is 0 Å². The molecule has 0 spiro atoms. The number of hydrogen-bond acceptors (Lipinski definition) is 2. The van der Waals surface area contributed by atoms with E-state index in [9.17, 15) is 4.79 Å². The quantitative estimate of drug-likeness (QED) is 0.907. The summed E-state index contributed by atoms with van der Waals surface area (Å²) in [5, 5.41) is 6.28. The van der Waals surface area contributed by atoms with Gasteiger partial charge in [0, 0.05) is 11.2 Å². The molecule has 0 bridgehead atoms. The lowest BCUT2D eigenvalue weighted by molar-refractivity contribution is 0.237. The van der Waals surface area contributed by atoms with E-state index >= 15 is 0 Å². The number of halogens is 1. The number of benzene rings is 1.